The molecule has 0 aliphatic heterocycles. The van der Waals surface area contributed by atoms with E-state index in [4.69, 9.17) is 0 Å². The Bertz CT molecular complexity index is 833. The van der Waals surface area contributed by atoms with Crippen LogP contribution in [0, 0.1) is 0 Å². The highest BCUT2D eigenvalue weighted by Gasteiger charge is 2.38. The van der Waals surface area contributed by atoms with Gasteiger partial charge in [0.15, 0.2) is 0 Å². The predicted octanol–water partition coefficient (Wildman–Crippen LogP) is 1.70. The van der Waals surface area contributed by atoms with Crippen molar-refractivity contribution in [2.75, 3.05) is 6.54 Å². The monoisotopic (exact) mass is 394 g/mol. The number of sulfonamides is 1. The molecular weight excluding hydrogens is 368 g/mol. The Kier molecular flexibility index (Phi) is 5.86. The third-order valence-electron chi connectivity index (χ3n) is 5.26. The van der Waals surface area contributed by atoms with E-state index in [1.54, 1.807) is 12.1 Å². The van der Waals surface area contributed by atoms with Gasteiger partial charge in [0.2, 0.25) is 15.9 Å². The van der Waals surface area contributed by atoms with Gasteiger partial charge in [-0.1, -0.05) is 6.07 Å². The lowest BCUT2D eigenvalue weighted by Gasteiger charge is -2.26. The molecule has 0 spiro atoms. The van der Waals surface area contributed by atoms with Crippen molar-refractivity contribution in [2.24, 2.45) is 0 Å². The van der Waals surface area contributed by atoms with Crippen LogP contribution >= 0.6 is 0 Å². The number of nitrogens with one attached hydrogen (secondary N) is 1. The third kappa shape index (κ3) is 4.68. The van der Waals surface area contributed by atoms with Gasteiger partial charge in [-0.2, -0.15) is 0 Å². The molecule has 1 saturated carbocycles. The first-order chi connectivity index (χ1) is 12.8. The highest BCUT2D eigenvalue weighted by Crippen LogP contribution is 2.29. The zero-order chi connectivity index (χ0) is 19.6. The van der Waals surface area contributed by atoms with E-state index in [0.717, 1.165) is 44.1 Å². The number of aliphatic carboxylic acids is 1. The van der Waals surface area contributed by atoms with Gasteiger partial charge in [0.1, 0.15) is 6.04 Å². The standard InChI is InChI=1S/C19H26N2O5S/c1-13(19(23)24)21(16-7-8-16)18(22)10-11-20-27(25,26)17-9-6-14-4-2-3-5-15(14)12-17/h6,9,12-13,16,20H,2-5,7-8,10-11H2,1H3,(H,23,24). The molecule has 1 aromatic rings. The summed E-state index contributed by atoms with van der Waals surface area (Å²) in [5.74, 6) is -1.38. The first-order valence-corrected chi connectivity index (χ1v) is 10.9. The van der Waals surface area contributed by atoms with E-state index in [0.29, 0.717) is 0 Å². The minimum atomic E-state index is -3.69. The molecule has 0 aromatic heterocycles. The lowest BCUT2D eigenvalue weighted by molar-refractivity contribution is -0.150. The summed E-state index contributed by atoms with van der Waals surface area (Å²) in [6.45, 7) is 1.43. The zero-order valence-electron chi connectivity index (χ0n) is 15.5. The maximum absolute atomic E-state index is 12.5. The number of carbonyl (C=O) groups is 2. The van der Waals surface area contributed by atoms with Gasteiger partial charge in [0.25, 0.3) is 0 Å². The van der Waals surface area contributed by atoms with Crippen LogP contribution in [0.15, 0.2) is 23.1 Å². The van der Waals surface area contributed by atoms with Gasteiger partial charge >= 0.3 is 5.97 Å². The first kappa shape index (κ1) is 19.8. The predicted molar refractivity (Wildman–Crippen MR) is 99.9 cm³/mol. The van der Waals surface area contributed by atoms with Crippen molar-refractivity contribution in [3.05, 3.63) is 29.3 Å². The number of amides is 1. The number of hydrogen-bond acceptors (Lipinski definition) is 4. The van der Waals surface area contributed by atoms with Gasteiger partial charge in [-0.05, 0) is 68.7 Å². The molecule has 3 rings (SSSR count). The first-order valence-electron chi connectivity index (χ1n) is 9.45. The summed E-state index contributed by atoms with van der Waals surface area (Å²) < 4.78 is 27.5. The number of carboxylic acid groups (broad SMARTS) is 1. The smallest absolute Gasteiger partial charge is 0.326 e. The summed E-state index contributed by atoms with van der Waals surface area (Å²) in [4.78, 5) is 25.2. The second kappa shape index (κ2) is 7.98. The van der Waals surface area contributed by atoms with Crippen LogP contribution in [0.1, 0.15) is 50.2 Å². The maximum atomic E-state index is 12.5. The Morgan fingerprint density at radius 3 is 2.52 bits per heavy atom. The van der Waals surface area contributed by atoms with Crippen LogP contribution in [0.5, 0.6) is 0 Å². The van der Waals surface area contributed by atoms with Crippen LogP contribution in [0.25, 0.3) is 0 Å². The number of nitrogens with zero attached hydrogens (tertiary/aromatic N) is 1. The van der Waals surface area contributed by atoms with Crippen LogP contribution in [-0.4, -0.2) is 48.9 Å². The number of benzene rings is 1. The van der Waals surface area contributed by atoms with Gasteiger partial charge < -0.3 is 10.0 Å². The molecule has 0 saturated heterocycles. The minimum Gasteiger partial charge on any atom is -0.480 e. The van der Waals surface area contributed by atoms with Crippen LogP contribution in [-0.2, 0) is 32.5 Å². The maximum Gasteiger partial charge on any atom is 0.326 e. The number of hydrogen-bond donors (Lipinski definition) is 2. The molecule has 0 radical (unpaired) electrons. The number of rotatable bonds is 8. The Morgan fingerprint density at radius 2 is 1.89 bits per heavy atom. The lowest BCUT2D eigenvalue weighted by Crippen LogP contribution is -2.45. The van der Waals surface area contributed by atoms with Crippen molar-refractivity contribution in [3.63, 3.8) is 0 Å². The largest absolute Gasteiger partial charge is 0.480 e. The van der Waals surface area contributed by atoms with E-state index < -0.39 is 22.0 Å². The molecule has 2 aliphatic rings. The summed E-state index contributed by atoms with van der Waals surface area (Å²) in [5.41, 5.74) is 2.29. The van der Waals surface area contributed by atoms with Crippen LogP contribution < -0.4 is 4.72 Å². The molecule has 1 amide bonds. The van der Waals surface area contributed by atoms with E-state index >= 15 is 0 Å². The second-order valence-corrected chi connectivity index (χ2v) is 9.10. The molecule has 148 valence electrons. The number of carboxylic acids is 1. The SMILES string of the molecule is CC(C(=O)O)N(C(=O)CCNS(=O)(=O)c1ccc2c(c1)CCCC2)C1CC1. The Morgan fingerprint density at radius 1 is 1.22 bits per heavy atom. The fourth-order valence-electron chi connectivity index (χ4n) is 3.59. The molecule has 1 atom stereocenters. The number of carbonyl (C=O) groups excluding carboxylic acids is 1. The van der Waals surface area contributed by atoms with E-state index in [-0.39, 0.29) is 29.8 Å². The Balaban J connectivity index is 1.60. The summed E-state index contributed by atoms with van der Waals surface area (Å²) in [5, 5.41) is 9.17. The molecule has 7 nitrogen and oxygen atoms in total. The van der Waals surface area contributed by atoms with Gasteiger partial charge in [-0.15, -0.1) is 0 Å². The fourth-order valence-corrected chi connectivity index (χ4v) is 4.67. The normalized spacial score (nSPS) is 17.8. The average molecular weight is 394 g/mol. The van der Waals surface area contributed by atoms with Crippen molar-refractivity contribution in [1.82, 2.24) is 9.62 Å². The van der Waals surface area contributed by atoms with Crippen molar-refractivity contribution in [2.45, 2.75) is 68.8 Å². The molecular formula is C19H26N2O5S. The topological polar surface area (TPSA) is 104 Å². The van der Waals surface area contributed by atoms with Crippen molar-refractivity contribution < 1.29 is 23.1 Å². The van der Waals surface area contributed by atoms with Gasteiger partial charge in [0.05, 0.1) is 4.90 Å². The van der Waals surface area contributed by atoms with Crippen LogP contribution in [0.3, 0.4) is 0 Å². The summed E-state index contributed by atoms with van der Waals surface area (Å²) in [7, 11) is -3.69. The van der Waals surface area contributed by atoms with Crippen molar-refractivity contribution in [3.8, 4) is 0 Å². The zero-order valence-corrected chi connectivity index (χ0v) is 16.3. The van der Waals surface area contributed by atoms with Gasteiger partial charge in [-0.3, -0.25) is 4.79 Å². The third-order valence-corrected chi connectivity index (χ3v) is 6.72. The number of aryl methyl sites for hydroxylation is 2. The molecule has 2 N–H and O–H groups in total. The molecule has 0 heterocycles. The summed E-state index contributed by atoms with van der Waals surface area (Å²) in [6, 6.07) is 4.26. The molecule has 0 bridgehead atoms. The minimum absolute atomic E-state index is 0.0409. The molecule has 27 heavy (non-hydrogen) atoms. The van der Waals surface area contributed by atoms with Crippen LogP contribution in [0.2, 0.25) is 0 Å². The molecule has 1 fully saturated rings. The molecule has 8 heteroatoms. The van der Waals surface area contributed by atoms with Gasteiger partial charge in [0, 0.05) is 19.0 Å². The molecule has 1 aromatic carbocycles. The van der Waals surface area contributed by atoms with E-state index in [1.807, 2.05) is 6.07 Å². The van der Waals surface area contributed by atoms with Crippen molar-refractivity contribution >= 4 is 21.9 Å². The molecule has 2 aliphatic carbocycles. The van der Waals surface area contributed by atoms with Crippen molar-refractivity contribution in [1.29, 1.82) is 0 Å². The Labute approximate surface area is 159 Å². The second-order valence-electron chi connectivity index (χ2n) is 7.33. The highest BCUT2D eigenvalue weighted by atomic mass is 32.2. The average Bonchev–Trinajstić information content (AvgIpc) is 3.46. The Hall–Kier alpha value is -1.93. The number of fused-ring (bicyclic) bond motifs is 1. The van der Waals surface area contributed by atoms with Gasteiger partial charge in [-0.25, -0.2) is 17.9 Å². The van der Waals surface area contributed by atoms with E-state index in [2.05, 4.69) is 4.72 Å². The summed E-state index contributed by atoms with van der Waals surface area (Å²) >= 11 is 0. The lowest BCUT2D eigenvalue weighted by atomic mass is 9.92. The summed E-state index contributed by atoms with van der Waals surface area (Å²) in [6.07, 6.45) is 5.60. The van der Waals surface area contributed by atoms with E-state index in [1.165, 1.54) is 17.4 Å². The van der Waals surface area contributed by atoms with E-state index in [9.17, 15) is 23.1 Å². The highest BCUT2D eigenvalue weighted by molar-refractivity contribution is 7.89. The fraction of sp³-hybridized carbons (Fsp3) is 0.579. The van der Waals surface area contributed by atoms with Crippen LogP contribution in [0.4, 0.5) is 0 Å². The molecule has 1 unspecified atom stereocenters. The quantitative estimate of drug-likeness (QED) is 0.698.